The molecule has 1 aliphatic carbocycles. The van der Waals surface area contributed by atoms with Crippen molar-refractivity contribution >= 4 is 5.84 Å². The average Bonchev–Trinajstić information content (AvgIpc) is 2.94. The van der Waals surface area contributed by atoms with Crippen LogP contribution in [0.1, 0.15) is 26.2 Å². The maximum Gasteiger partial charge on any atom is 0.185 e. The minimum atomic E-state index is -1.68. The fraction of sp³-hybridized carbons (Fsp3) is 0.960. The molecule has 0 spiro atoms. The number of aliphatic hydroxyl groups is 6. The van der Waals surface area contributed by atoms with Crippen LogP contribution in [0.2, 0.25) is 0 Å². The summed E-state index contributed by atoms with van der Waals surface area (Å²) in [5, 5.41) is 67.2. The van der Waals surface area contributed by atoms with Crippen molar-refractivity contribution in [2.75, 3.05) is 40.0 Å². The van der Waals surface area contributed by atoms with Crippen molar-refractivity contribution in [2.24, 2.45) is 22.2 Å². The molecule has 2 heterocycles. The van der Waals surface area contributed by atoms with Crippen molar-refractivity contribution in [1.82, 2.24) is 10.6 Å². The lowest BCUT2D eigenvalue weighted by atomic mass is 9.83. The van der Waals surface area contributed by atoms with Gasteiger partial charge in [-0.25, -0.2) is 4.39 Å². The van der Waals surface area contributed by atoms with Gasteiger partial charge in [-0.15, -0.1) is 0 Å². The number of likely N-dealkylation sites (N-methyl/N-ethyl adjacent to an activating group) is 1. The number of nitrogens with zero attached hydrogens (tertiary/aromatic N) is 1. The van der Waals surface area contributed by atoms with Crippen LogP contribution in [0.15, 0.2) is 4.99 Å². The Hall–Kier alpha value is -1.16. The van der Waals surface area contributed by atoms with Gasteiger partial charge in [-0.2, -0.15) is 0 Å². The third kappa shape index (κ3) is 8.72. The molecule has 0 amide bonds. The molecule has 14 N–H and O–H groups in total. The van der Waals surface area contributed by atoms with E-state index in [2.05, 4.69) is 15.6 Å². The zero-order chi connectivity index (χ0) is 31.2. The van der Waals surface area contributed by atoms with E-state index in [4.69, 9.17) is 41.3 Å². The van der Waals surface area contributed by atoms with Crippen LogP contribution < -0.4 is 27.8 Å². The Bertz CT molecular complexity index is 865. The van der Waals surface area contributed by atoms with E-state index >= 15 is 0 Å². The number of ether oxygens (including phenoxy) is 4. The topological polar surface area (TPSA) is 273 Å². The van der Waals surface area contributed by atoms with Gasteiger partial charge in [-0.3, -0.25) is 4.99 Å². The zero-order valence-electron chi connectivity index (χ0n) is 24.0. The fourth-order valence-electron chi connectivity index (χ4n) is 5.56. The smallest absolute Gasteiger partial charge is 0.185 e. The quantitative estimate of drug-likeness (QED) is 0.0685. The first-order valence-corrected chi connectivity index (χ1v) is 14.2. The third-order valence-corrected chi connectivity index (χ3v) is 7.98. The maximum absolute atomic E-state index is 13.1. The van der Waals surface area contributed by atoms with E-state index in [9.17, 15) is 29.9 Å². The van der Waals surface area contributed by atoms with Gasteiger partial charge < -0.3 is 77.4 Å². The average molecular weight is 613 g/mol. The van der Waals surface area contributed by atoms with E-state index in [1.54, 1.807) is 7.05 Å². The third-order valence-electron chi connectivity index (χ3n) is 7.98. The predicted molar refractivity (Wildman–Crippen MR) is 147 cm³/mol. The van der Waals surface area contributed by atoms with Crippen LogP contribution in [-0.2, 0) is 18.9 Å². The molecule has 16 nitrogen and oxygen atoms in total. The van der Waals surface area contributed by atoms with Gasteiger partial charge in [-0.05, 0) is 33.2 Å². The highest BCUT2D eigenvalue weighted by Gasteiger charge is 2.51. The standard InChI is InChI=1S/C25H49FN6O10/c1-25(38)10-39-24(18(37)21(25)30-2)42-20-15(32-22(29)16(35)6-26)5-14(28)19(17(20)36)41-23-13(27)4-3-12(40-23)8-31-7-11(34)9-33/h11-21,23-24,30-31,33-38H,3-10,27-28H2,1-2H3,(H2,29,32)/t11?,12-,13?,14-,15+,16?,17?,18?,19+,20?,21+,23+,24+,25?/m0/s1. The lowest BCUT2D eigenvalue weighted by molar-refractivity contribution is -0.306. The Morgan fingerprint density at radius 1 is 1.12 bits per heavy atom. The molecule has 3 aliphatic rings. The number of hydrogen-bond acceptors (Lipinski definition) is 15. The number of rotatable bonds is 13. The van der Waals surface area contributed by atoms with E-state index in [0.29, 0.717) is 19.4 Å². The minimum Gasteiger partial charge on any atom is -0.394 e. The molecule has 246 valence electrons. The number of halogens is 1. The van der Waals surface area contributed by atoms with Gasteiger partial charge in [0.2, 0.25) is 0 Å². The number of alkyl halides is 1. The molecule has 0 radical (unpaired) electrons. The number of aliphatic imine (C=N–C) groups is 1. The summed E-state index contributed by atoms with van der Waals surface area (Å²) in [4.78, 5) is 4.19. The largest absolute Gasteiger partial charge is 0.394 e. The Kier molecular flexibility index (Phi) is 13.2. The summed E-state index contributed by atoms with van der Waals surface area (Å²) in [5.41, 5.74) is 17.0. The molecular formula is C25H49FN6O10. The lowest BCUT2D eigenvalue weighted by Gasteiger charge is -2.48. The van der Waals surface area contributed by atoms with Crippen molar-refractivity contribution in [3.05, 3.63) is 0 Å². The Morgan fingerprint density at radius 3 is 2.45 bits per heavy atom. The molecule has 7 unspecified atom stereocenters. The second kappa shape index (κ2) is 15.7. The second-order valence-corrected chi connectivity index (χ2v) is 11.5. The van der Waals surface area contributed by atoms with Crippen LogP contribution in [0.5, 0.6) is 0 Å². The molecule has 0 aromatic carbocycles. The van der Waals surface area contributed by atoms with E-state index in [-0.39, 0.29) is 32.3 Å². The van der Waals surface area contributed by atoms with Gasteiger partial charge in [0.05, 0.1) is 43.5 Å². The first-order chi connectivity index (χ1) is 19.8. The fourth-order valence-corrected chi connectivity index (χ4v) is 5.56. The van der Waals surface area contributed by atoms with Gasteiger partial charge >= 0.3 is 0 Å². The van der Waals surface area contributed by atoms with E-state index in [1.165, 1.54) is 6.92 Å². The molecular weight excluding hydrogens is 563 g/mol. The van der Waals surface area contributed by atoms with Crippen LogP contribution >= 0.6 is 0 Å². The van der Waals surface area contributed by atoms with Gasteiger partial charge in [0.15, 0.2) is 12.6 Å². The maximum atomic E-state index is 13.1. The van der Waals surface area contributed by atoms with E-state index in [1.807, 2.05) is 0 Å². The SMILES string of the molecule is CN[C@@H]1C(O)[C@@H](OC2C(O)[C@H](O[C@H]3O[C@H](CNCC(O)CO)CCC3N)[C@@H](N)C[C@H]2N=C(N)C(O)CF)OCC1(C)O. The van der Waals surface area contributed by atoms with Crippen molar-refractivity contribution in [3.63, 3.8) is 0 Å². The van der Waals surface area contributed by atoms with Crippen molar-refractivity contribution in [3.8, 4) is 0 Å². The number of aliphatic hydroxyl groups excluding tert-OH is 5. The molecule has 2 saturated heterocycles. The Labute approximate surface area is 244 Å². The summed E-state index contributed by atoms with van der Waals surface area (Å²) in [6.45, 7) is 0.257. The van der Waals surface area contributed by atoms with Crippen LogP contribution in [0, 0.1) is 0 Å². The highest BCUT2D eigenvalue weighted by atomic mass is 19.1. The van der Waals surface area contributed by atoms with E-state index in [0.717, 1.165) is 0 Å². The number of nitrogens with one attached hydrogen (secondary N) is 2. The van der Waals surface area contributed by atoms with Gasteiger partial charge in [0.1, 0.15) is 48.6 Å². The minimum absolute atomic E-state index is 0.0219. The van der Waals surface area contributed by atoms with Crippen LogP contribution in [-0.4, -0.2) is 162 Å². The predicted octanol–water partition coefficient (Wildman–Crippen LogP) is -5.26. The first-order valence-electron chi connectivity index (χ1n) is 14.2. The molecule has 1 saturated carbocycles. The molecule has 14 atom stereocenters. The van der Waals surface area contributed by atoms with Crippen LogP contribution in [0.4, 0.5) is 4.39 Å². The summed E-state index contributed by atoms with van der Waals surface area (Å²) >= 11 is 0. The highest BCUT2D eigenvalue weighted by Crippen LogP contribution is 2.33. The number of amidine groups is 1. The van der Waals surface area contributed by atoms with Crippen LogP contribution in [0.3, 0.4) is 0 Å². The monoisotopic (exact) mass is 612 g/mol. The summed E-state index contributed by atoms with van der Waals surface area (Å²) in [7, 11) is 1.56. The molecule has 0 aromatic rings. The molecule has 3 rings (SSSR count). The summed E-state index contributed by atoms with van der Waals surface area (Å²) in [5.74, 6) is -0.421. The van der Waals surface area contributed by atoms with Crippen molar-refractivity contribution in [1.29, 1.82) is 0 Å². The van der Waals surface area contributed by atoms with Gasteiger partial charge in [0, 0.05) is 19.1 Å². The second-order valence-electron chi connectivity index (χ2n) is 11.5. The van der Waals surface area contributed by atoms with Gasteiger partial charge in [-0.1, -0.05) is 0 Å². The van der Waals surface area contributed by atoms with E-state index < -0.39 is 91.5 Å². The Balaban J connectivity index is 1.78. The number of hydrogen-bond donors (Lipinski definition) is 11. The molecule has 0 aromatic heterocycles. The zero-order valence-corrected chi connectivity index (χ0v) is 24.0. The summed E-state index contributed by atoms with van der Waals surface area (Å²) < 4.78 is 36.9. The lowest BCUT2D eigenvalue weighted by Crippen LogP contribution is -2.67. The summed E-state index contributed by atoms with van der Waals surface area (Å²) in [6, 6.07) is -3.22. The molecule has 2 aliphatic heterocycles. The Morgan fingerprint density at radius 2 is 1.81 bits per heavy atom. The van der Waals surface area contributed by atoms with Gasteiger partial charge in [0.25, 0.3) is 0 Å². The highest BCUT2D eigenvalue weighted by molar-refractivity contribution is 5.85. The molecule has 3 fully saturated rings. The van der Waals surface area contributed by atoms with Crippen molar-refractivity contribution in [2.45, 2.75) is 111 Å². The number of nitrogens with two attached hydrogens (primary N) is 3. The molecule has 42 heavy (non-hydrogen) atoms. The molecule has 17 heteroatoms. The van der Waals surface area contributed by atoms with Crippen LogP contribution in [0.25, 0.3) is 0 Å². The first kappa shape index (κ1) is 35.3. The molecule has 0 bridgehead atoms. The normalized spacial score (nSPS) is 43.2. The summed E-state index contributed by atoms with van der Waals surface area (Å²) in [6.07, 6.45) is -9.23. The van der Waals surface area contributed by atoms with Crippen molar-refractivity contribution < 1.29 is 54.0 Å².